The molecule has 2 rings (SSSR count). The van der Waals surface area contributed by atoms with Crippen LogP contribution < -0.4 is 10.6 Å². The average molecular weight is 276 g/mol. The van der Waals surface area contributed by atoms with E-state index < -0.39 is 0 Å². The molecular weight excluding hydrogens is 252 g/mol. The molecule has 3 N–H and O–H groups in total. The molecule has 0 spiro atoms. The molecule has 0 saturated heterocycles. The number of carbonyl (C=O) groups excluding carboxylic acids is 1. The van der Waals surface area contributed by atoms with Gasteiger partial charge in [-0.15, -0.1) is 0 Å². The molecule has 0 bridgehead atoms. The molecule has 2 amide bonds. The van der Waals surface area contributed by atoms with E-state index in [1.807, 2.05) is 19.1 Å². The summed E-state index contributed by atoms with van der Waals surface area (Å²) in [6.45, 7) is 4.29. The van der Waals surface area contributed by atoms with Crippen molar-refractivity contribution in [3.63, 3.8) is 0 Å². The lowest BCUT2D eigenvalue weighted by Gasteiger charge is -2.21. The van der Waals surface area contributed by atoms with Gasteiger partial charge in [0.05, 0.1) is 6.04 Å². The third-order valence-electron chi connectivity index (χ3n) is 3.96. The minimum absolute atomic E-state index is 0.0779. The molecule has 1 aliphatic rings. The van der Waals surface area contributed by atoms with Gasteiger partial charge in [-0.3, -0.25) is 0 Å². The summed E-state index contributed by atoms with van der Waals surface area (Å²) in [4.78, 5) is 12.0. The summed E-state index contributed by atoms with van der Waals surface area (Å²) in [5.74, 6) is 0.422. The van der Waals surface area contributed by atoms with E-state index >= 15 is 0 Å². The van der Waals surface area contributed by atoms with E-state index in [1.54, 1.807) is 0 Å². The Hall–Kier alpha value is -1.55. The largest absolute Gasteiger partial charge is 0.396 e. The fourth-order valence-electron chi connectivity index (χ4n) is 2.89. The van der Waals surface area contributed by atoms with Crippen LogP contribution in [0.1, 0.15) is 43.9 Å². The Morgan fingerprint density at radius 1 is 1.45 bits per heavy atom. The van der Waals surface area contributed by atoms with Gasteiger partial charge in [0.25, 0.3) is 0 Å². The fourth-order valence-corrected chi connectivity index (χ4v) is 2.89. The number of aliphatic hydroxyl groups excluding tert-OH is 1. The normalized spacial score (nSPS) is 22.1. The Kier molecular flexibility index (Phi) is 5.01. The van der Waals surface area contributed by atoms with Crippen LogP contribution in [0.15, 0.2) is 24.3 Å². The second kappa shape index (κ2) is 6.75. The fraction of sp³-hybridized carbons (Fsp3) is 0.562. The van der Waals surface area contributed by atoms with Gasteiger partial charge < -0.3 is 15.7 Å². The SMILES string of the molecule is CC(CCCO)NC(=O)NC1c2ccccc2CC1C. The van der Waals surface area contributed by atoms with Crippen molar-refractivity contribution >= 4 is 6.03 Å². The Bertz CT molecular complexity index is 462. The lowest BCUT2D eigenvalue weighted by Crippen LogP contribution is -2.43. The first-order valence-electron chi connectivity index (χ1n) is 7.37. The van der Waals surface area contributed by atoms with Gasteiger partial charge in [-0.1, -0.05) is 31.2 Å². The van der Waals surface area contributed by atoms with Gasteiger partial charge in [-0.05, 0) is 43.2 Å². The minimum atomic E-state index is -0.121. The Balaban J connectivity index is 1.91. The van der Waals surface area contributed by atoms with Crippen molar-refractivity contribution in [2.75, 3.05) is 6.61 Å². The van der Waals surface area contributed by atoms with Crippen molar-refractivity contribution in [1.82, 2.24) is 10.6 Å². The Morgan fingerprint density at radius 2 is 2.20 bits per heavy atom. The van der Waals surface area contributed by atoms with Crippen molar-refractivity contribution in [2.45, 2.75) is 45.2 Å². The highest BCUT2D eigenvalue weighted by Gasteiger charge is 2.30. The smallest absolute Gasteiger partial charge is 0.315 e. The highest BCUT2D eigenvalue weighted by Crippen LogP contribution is 2.35. The summed E-state index contributed by atoms with van der Waals surface area (Å²) in [6, 6.07) is 8.35. The lowest BCUT2D eigenvalue weighted by molar-refractivity contribution is 0.227. The van der Waals surface area contributed by atoms with E-state index in [0.717, 1.165) is 12.8 Å². The third kappa shape index (κ3) is 3.51. The zero-order valence-corrected chi connectivity index (χ0v) is 12.2. The maximum Gasteiger partial charge on any atom is 0.315 e. The summed E-state index contributed by atoms with van der Waals surface area (Å²) >= 11 is 0. The standard InChI is InChI=1S/C16H24N2O2/c1-11-10-13-7-3-4-8-14(13)15(11)18-16(20)17-12(2)6-5-9-19/h3-4,7-8,11-12,15,19H,5-6,9-10H2,1-2H3,(H2,17,18,20). The number of hydrogen-bond donors (Lipinski definition) is 3. The second-order valence-electron chi connectivity index (χ2n) is 5.74. The van der Waals surface area contributed by atoms with Crippen molar-refractivity contribution in [2.24, 2.45) is 5.92 Å². The van der Waals surface area contributed by atoms with Crippen molar-refractivity contribution in [3.05, 3.63) is 35.4 Å². The number of benzene rings is 1. The molecule has 20 heavy (non-hydrogen) atoms. The van der Waals surface area contributed by atoms with E-state index in [-0.39, 0.29) is 24.7 Å². The number of carbonyl (C=O) groups is 1. The number of aliphatic hydroxyl groups is 1. The summed E-state index contributed by atoms with van der Waals surface area (Å²) in [5, 5.41) is 14.8. The molecule has 0 radical (unpaired) electrons. The molecule has 0 aromatic heterocycles. The van der Waals surface area contributed by atoms with Gasteiger partial charge in [0, 0.05) is 12.6 Å². The molecule has 0 fully saturated rings. The van der Waals surface area contributed by atoms with Crippen LogP contribution in [-0.2, 0) is 6.42 Å². The first kappa shape index (κ1) is 14.9. The van der Waals surface area contributed by atoms with Gasteiger partial charge in [-0.2, -0.15) is 0 Å². The number of hydrogen-bond acceptors (Lipinski definition) is 2. The van der Waals surface area contributed by atoms with Gasteiger partial charge >= 0.3 is 6.03 Å². The predicted octanol–water partition coefficient (Wildman–Crippen LogP) is 2.38. The van der Waals surface area contributed by atoms with E-state index in [9.17, 15) is 4.79 Å². The number of amides is 2. The van der Waals surface area contributed by atoms with Crippen LogP contribution in [-0.4, -0.2) is 23.8 Å². The quantitative estimate of drug-likeness (QED) is 0.773. The van der Waals surface area contributed by atoms with Crippen LogP contribution in [0.3, 0.4) is 0 Å². The summed E-state index contributed by atoms with van der Waals surface area (Å²) in [6.07, 6.45) is 2.52. The van der Waals surface area contributed by atoms with Crippen molar-refractivity contribution < 1.29 is 9.90 Å². The molecule has 110 valence electrons. The molecule has 0 aliphatic heterocycles. The third-order valence-corrected chi connectivity index (χ3v) is 3.96. The van der Waals surface area contributed by atoms with Gasteiger partial charge in [0.1, 0.15) is 0 Å². The maximum absolute atomic E-state index is 12.0. The molecule has 0 heterocycles. The Labute approximate surface area is 120 Å². The van der Waals surface area contributed by atoms with E-state index in [4.69, 9.17) is 5.11 Å². The van der Waals surface area contributed by atoms with Crippen LogP contribution in [0.4, 0.5) is 4.79 Å². The van der Waals surface area contributed by atoms with Crippen LogP contribution >= 0.6 is 0 Å². The van der Waals surface area contributed by atoms with Crippen LogP contribution in [0.5, 0.6) is 0 Å². The molecule has 1 aromatic rings. The molecule has 0 saturated carbocycles. The average Bonchev–Trinajstić information content (AvgIpc) is 2.73. The monoisotopic (exact) mass is 276 g/mol. The molecular formula is C16H24N2O2. The highest BCUT2D eigenvalue weighted by molar-refractivity contribution is 5.75. The minimum Gasteiger partial charge on any atom is -0.396 e. The van der Waals surface area contributed by atoms with E-state index in [0.29, 0.717) is 12.3 Å². The number of rotatable bonds is 5. The molecule has 1 aliphatic carbocycles. The van der Waals surface area contributed by atoms with Gasteiger partial charge in [0.2, 0.25) is 0 Å². The summed E-state index contributed by atoms with van der Waals surface area (Å²) in [7, 11) is 0. The molecule has 3 unspecified atom stereocenters. The zero-order chi connectivity index (χ0) is 14.5. The molecule has 3 atom stereocenters. The van der Waals surface area contributed by atoms with Crippen LogP contribution in [0.25, 0.3) is 0 Å². The Morgan fingerprint density at radius 3 is 2.95 bits per heavy atom. The maximum atomic E-state index is 12.0. The molecule has 4 nitrogen and oxygen atoms in total. The summed E-state index contributed by atoms with van der Waals surface area (Å²) in [5.41, 5.74) is 2.57. The van der Waals surface area contributed by atoms with Crippen molar-refractivity contribution in [3.8, 4) is 0 Å². The van der Waals surface area contributed by atoms with Gasteiger partial charge in [-0.25, -0.2) is 4.79 Å². The predicted molar refractivity (Wildman–Crippen MR) is 79.5 cm³/mol. The van der Waals surface area contributed by atoms with Gasteiger partial charge in [0.15, 0.2) is 0 Å². The number of urea groups is 1. The topological polar surface area (TPSA) is 61.4 Å². The van der Waals surface area contributed by atoms with E-state index in [1.165, 1.54) is 11.1 Å². The highest BCUT2D eigenvalue weighted by atomic mass is 16.3. The van der Waals surface area contributed by atoms with Crippen LogP contribution in [0.2, 0.25) is 0 Å². The van der Waals surface area contributed by atoms with Crippen LogP contribution in [0, 0.1) is 5.92 Å². The zero-order valence-electron chi connectivity index (χ0n) is 12.2. The first-order valence-corrected chi connectivity index (χ1v) is 7.37. The second-order valence-corrected chi connectivity index (χ2v) is 5.74. The lowest BCUT2D eigenvalue weighted by atomic mass is 10.0. The first-order chi connectivity index (χ1) is 9.61. The summed E-state index contributed by atoms with van der Waals surface area (Å²) < 4.78 is 0. The number of fused-ring (bicyclic) bond motifs is 1. The number of nitrogens with one attached hydrogen (secondary N) is 2. The van der Waals surface area contributed by atoms with Crippen molar-refractivity contribution in [1.29, 1.82) is 0 Å². The van der Waals surface area contributed by atoms with E-state index in [2.05, 4.69) is 29.7 Å². The molecule has 4 heteroatoms. The molecule has 1 aromatic carbocycles.